The summed E-state index contributed by atoms with van der Waals surface area (Å²) < 4.78 is 25.3. The third-order valence-electron chi connectivity index (χ3n) is 6.67. The summed E-state index contributed by atoms with van der Waals surface area (Å²) in [5.41, 5.74) is 0. The van der Waals surface area contributed by atoms with Crippen LogP contribution >= 0.6 is 0 Å². The van der Waals surface area contributed by atoms with Gasteiger partial charge >= 0.3 is 0 Å². The predicted molar refractivity (Wildman–Crippen MR) is 108 cm³/mol. The minimum atomic E-state index is -3.30. The predicted octanol–water partition coefficient (Wildman–Crippen LogP) is 4.92. The first kappa shape index (κ1) is 19.9. The van der Waals surface area contributed by atoms with Crippen LogP contribution in [0.2, 0.25) is 0 Å². The van der Waals surface area contributed by atoms with Gasteiger partial charge in [-0.3, -0.25) is 0 Å². The lowest BCUT2D eigenvalue weighted by molar-refractivity contribution is 0.112. The SMILES string of the molecule is CC(C)(CCN1CCCC(C2CCCCC2)C1)S(=O)(=O)c1ccccc1. The van der Waals surface area contributed by atoms with Crippen LogP contribution < -0.4 is 0 Å². The van der Waals surface area contributed by atoms with Crippen molar-refractivity contribution >= 4 is 9.84 Å². The number of sulfone groups is 1. The number of nitrogens with zero attached hydrogens (tertiary/aromatic N) is 1. The van der Waals surface area contributed by atoms with Crippen LogP contribution in [0.15, 0.2) is 35.2 Å². The molecule has 1 atom stereocenters. The standard InChI is InChI=1S/C22H35NO2S/c1-22(2,26(24,25)21-13-7-4-8-14-21)15-17-23-16-9-12-20(18-23)19-10-5-3-6-11-19/h4,7-8,13-14,19-20H,3,5-6,9-12,15-18H2,1-2H3. The van der Waals surface area contributed by atoms with Crippen molar-refractivity contribution in [1.29, 1.82) is 0 Å². The van der Waals surface area contributed by atoms with E-state index in [4.69, 9.17) is 0 Å². The van der Waals surface area contributed by atoms with Crippen LogP contribution in [-0.2, 0) is 9.84 Å². The van der Waals surface area contributed by atoms with E-state index >= 15 is 0 Å². The van der Waals surface area contributed by atoms with Crippen LogP contribution in [0.3, 0.4) is 0 Å². The average Bonchev–Trinajstić information content (AvgIpc) is 2.68. The Hall–Kier alpha value is -0.870. The second kappa shape index (κ2) is 8.43. The highest BCUT2D eigenvalue weighted by Gasteiger charge is 2.36. The summed E-state index contributed by atoms with van der Waals surface area (Å²) >= 11 is 0. The van der Waals surface area contributed by atoms with Gasteiger partial charge in [0.25, 0.3) is 0 Å². The highest BCUT2D eigenvalue weighted by molar-refractivity contribution is 7.92. The van der Waals surface area contributed by atoms with Crippen LogP contribution in [0.5, 0.6) is 0 Å². The van der Waals surface area contributed by atoms with Gasteiger partial charge in [0.2, 0.25) is 0 Å². The fourth-order valence-electron chi connectivity index (χ4n) is 4.77. The van der Waals surface area contributed by atoms with E-state index in [1.807, 2.05) is 32.0 Å². The maximum Gasteiger partial charge on any atom is 0.183 e. The largest absolute Gasteiger partial charge is 0.303 e. The molecule has 1 saturated carbocycles. The molecule has 3 nitrogen and oxygen atoms in total. The Morgan fingerprint density at radius 3 is 2.31 bits per heavy atom. The molecule has 0 amide bonds. The Kier molecular flexibility index (Phi) is 6.45. The Morgan fingerprint density at radius 1 is 0.962 bits per heavy atom. The molecule has 1 heterocycles. The van der Waals surface area contributed by atoms with E-state index in [-0.39, 0.29) is 0 Å². The molecular formula is C22H35NO2S. The minimum Gasteiger partial charge on any atom is -0.303 e. The van der Waals surface area contributed by atoms with E-state index < -0.39 is 14.6 Å². The first-order chi connectivity index (χ1) is 12.4. The summed E-state index contributed by atoms with van der Waals surface area (Å²) in [5, 5.41) is 0. The van der Waals surface area contributed by atoms with Crippen molar-refractivity contribution in [3.63, 3.8) is 0 Å². The van der Waals surface area contributed by atoms with E-state index in [0.717, 1.165) is 24.9 Å². The molecule has 1 aliphatic carbocycles. The first-order valence-electron chi connectivity index (χ1n) is 10.4. The molecule has 0 aromatic heterocycles. The van der Waals surface area contributed by atoms with Gasteiger partial charge < -0.3 is 4.90 Å². The second-order valence-corrected chi connectivity index (χ2v) is 11.5. The van der Waals surface area contributed by atoms with Gasteiger partial charge in [-0.05, 0) is 70.2 Å². The quantitative estimate of drug-likeness (QED) is 0.706. The number of piperidine rings is 1. The molecule has 1 unspecified atom stereocenters. The molecule has 0 bridgehead atoms. The van der Waals surface area contributed by atoms with Gasteiger partial charge in [-0.25, -0.2) is 8.42 Å². The first-order valence-corrected chi connectivity index (χ1v) is 11.9. The summed E-state index contributed by atoms with van der Waals surface area (Å²) in [6, 6.07) is 8.92. The molecule has 0 spiro atoms. The zero-order chi connectivity index (χ0) is 18.6. The summed E-state index contributed by atoms with van der Waals surface area (Å²) in [4.78, 5) is 2.98. The lowest BCUT2D eigenvalue weighted by atomic mass is 9.76. The summed E-state index contributed by atoms with van der Waals surface area (Å²) in [7, 11) is -3.30. The van der Waals surface area contributed by atoms with Gasteiger partial charge in [0.05, 0.1) is 9.64 Å². The van der Waals surface area contributed by atoms with E-state index in [9.17, 15) is 8.42 Å². The molecule has 2 aliphatic rings. The Balaban J connectivity index is 1.58. The Labute approximate surface area is 160 Å². The number of hydrogen-bond acceptors (Lipinski definition) is 3. The van der Waals surface area contributed by atoms with Crippen molar-refractivity contribution in [3.05, 3.63) is 30.3 Å². The molecule has 1 aromatic rings. The zero-order valence-electron chi connectivity index (χ0n) is 16.5. The smallest absolute Gasteiger partial charge is 0.183 e. The van der Waals surface area contributed by atoms with Crippen molar-refractivity contribution in [2.45, 2.75) is 74.9 Å². The van der Waals surface area contributed by atoms with Crippen molar-refractivity contribution in [2.75, 3.05) is 19.6 Å². The van der Waals surface area contributed by atoms with Crippen molar-refractivity contribution in [1.82, 2.24) is 4.90 Å². The highest BCUT2D eigenvalue weighted by Crippen LogP contribution is 2.35. The topological polar surface area (TPSA) is 37.4 Å². The number of likely N-dealkylation sites (tertiary alicyclic amines) is 1. The maximum absolute atomic E-state index is 13.0. The third-order valence-corrected chi connectivity index (χ3v) is 9.22. The van der Waals surface area contributed by atoms with Crippen LogP contribution in [0.4, 0.5) is 0 Å². The molecular weight excluding hydrogens is 342 g/mol. The van der Waals surface area contributed by atoms with Gasteiger partial charge in [0.1, 0.15) is 0 Å². The fourth-order valence-corrected chi connectivity index (χ4v) is 6.28. The van der Waals surface area contributed by atoms with Crippen LogP contribution in [0, 0.1) is 11.8 Å². The molecule has 146 valence electrons. The monoisotopic (exact) mass is 377 g/mol. The van der Waals surface area contributed by atoms with E-state index in [1.54, 1.807) is 12.1 Å². The average molecular weight is 378 g/mol. The third kappa shape index (κ3) is 4.51. The zero-order valence-corrected chi connectivity index (χ0v) is 17.3. The van der Waals surface area contributed by atoms with E-state index in [2.05, 4.69) is 4.90 Å². The van der Waals surface area contributed by atoms with Gasteiger partial charge in [-0.15, -0.1) is 0 Å². The highest BCUT2D eigenvalue weighted by atomic mass is 32.2. The molecule has 4 heteroatoms. The second-order valence-electron chi connectivity index (χ2n) is 8.93. The van der Waals surface area contributed by atoms with E-state index in [1.165, 1.54) is 51.5 Å². The maximum atomic E-state index is 13.0. The fraction of sp³-hybridized carbons (Fsp3) is 0.727. The molecule has 2 fully saturated rings. The van der Waals surface area contributed by atoms with Gasteiger partial charge in [0.15, 0.2) is 9.84 Å². The van der Waals surface area contributed by atoms with Crippen LogP contribution in [0.1, 0.15) is 65.2 Å². The molecule has 3 rings (SSSR count). The number of hydrogen-bond donors (Lipinski definition) is 0. The Morgan fingerprint density at radius 2 is 1.62 bits per heavy atom. The van der Waals surface area contributed by atoms with Gasteiger partial charge in [-0.1, -0.05) is 50.3 Å². The normalized spacial score (nSPS) is 23.8. The van der Waals surface area contributed by atoms with E-state index in [0.29, 0.717) is 11.3 Å². The molecule has 26 heavy (non-hydrogen) atoms. The van der Waals surface area contributed by atoms with Crippen LogP contribution in [0.25, 0.3) is 0 Å². The Bertz CT molecular complexity index is 663. The lowest BCUT2D eigenvalue weighted by Gasteiger charge is -2.39. The minimum absolute atomic E-state index is 0.448. The summed E-state index contributed by atoms with van der Waals surface area (Å²) in [6.07, 6.45) is 10.4. The summed E-state index contributed by atoms with van der Waals surface area (Å²) in [6.45, 7) is 6.97. The lowest BCUT2D eigenvalue weighted by Crippen LogP contribution is -2.42. The van der Waals surface area contributed by atoms with Crippen molar-refractivity contribution < 1.29 is 8.42 Å². The van der Waals surface area contributed by atoms with Crippen LogP contribution in [-0.4, -0.2) is 37.7 Å². The number of benzene rings is 1. The molecule has 0 radical (unpaired) electrons. The molecule has 1 aliphatic heterocycles. The number of rotatable bonds is 6. The van der Waals surface area contributed by atoms with Crippen molar-refractivity contribution in [3.8, 4) is 0 Å². The van der Waals surface area contributed by atoms with Crippen molar-refractivity contribution in [2.24, 2.45) is 11.8 Å². The molecule has 0 N–H and O–H groups in total. The molecule has 1 aromatic carbocycles. The summed E-state index contributed by atoms with van der Waals surface area (Å²) in [5.74, 6) is 1.74. The van der Waals surface area contributed by atoms with Gasteiger partial charge in [-0.2, -0.15) is 0 Å². The molecule has 1 saturated heterocycles. The van der Waals surface area contributed by atoms with Gasteiger partial charge in [0, 0.05) is 6.54 Å².